The van der Waals surface area contributed by atoms with Crippen LogP contribution in [0.25, 0.3) is 0 Å². The van der Waals surface area contributed by atoms with Crippen molar-refractivity contribution in [1.29, 1.82) is 0 Å². The summed E-state index contributed by atoms with van der Waals surface area (Å²) in [5.41, 5.74) is 1.58. The van der Waals surface area contributed by atoms with Crippen LogP contribution < -0.4 is 14.8 Å². The number of benzene rings is 2. The van der Waals surface area contributed by atoms with Crippen molar-refractivity contribution in [2.24, 2.45) is 0 Å². The predicted octanol–water partition coefficient (Wildman–Crippen LogP) is 4.35. The van der Waals surface area contributed by atoms with E-state index in [4.69, 9.17) is 9.47 Å². The number of carbonyl (C=O) groups is 1. The Morgan fingerprint density at radius 1 is 1.17 bits per heavy atom. The van der Waals surface area contributed by atoms with Crippen molar-refractivity contribution in [3.8, 4) is 11.5 Å². The van der Waals surface area contributed by atoms with E-state index < -0.39 is 0 Å². The van der Waals surface area contributed by atoms with Crippen molar-refractivity contribution in [2.45, 2.75) is 19.9 Å². The zero-order valence-corrected chi connectivity index (χ0v) is 15.0. The van der Waals surface area contributed by atoms with E-state index in [1.807, 2.05) is 38.1 Å². The molecule has 4 nitrogen and oxygen atoms in total. The summed E-state index contributed by atoms with van der Waals surface area (Å²) in [5.74, 6) is 1.03. The van der Waals surface area contributed by atoms with E-state index in [2.05, 4.69) is 21.2 Å². The third kappa shape index (κ3) is 4.48. The summed E-state index contributed by atoms with van der Waals surface area (Å²) in [6.45, 7) is 4.35. The third-order valence-electron chi connectivity index (χ3n) is 3.44. The molecule has 2 rings (SSSR count). The summed E-state index contributed by atoms with van der Waals surface area (Å²) >= 11 is 3.41. The van der Waals surface area contributed by atoms with Gasteiger partial charge in [0, 0.05) is 10.0 Å². The van der Waals surface area contributed by atoms with E-state index in [0.29, 0.717) is 23.7 Å². The Morgan fingerprint density at radius 2 is 1.87 bits per heavy atom. The molecule has 0 spiro atoms. The van der Waals surface area contributed by atoms with Crippen molar-refractivity contribution in [2.75, 3.05) is 13.7 Å². The summed E-state index contributed by atoms with van der Waals surface area (Å²) in [4.78, 5) is 12.4. The number of methoxy groups -OCH3 is 1. The lowest BCUT2D eigenvalue weighted by Gasteiger charge is -2.16. The largest absolute Gasteiger partial charge is 0.493 e. The van der Waals surface area contributed by atoms with Gasteiger partial charge in [0.25, 0.3) is 5.91 Å². The van der Waals surface area contributed by atoms with Crippen LogP contribution >= 0.6 is 15.9 Å². The van der Waals surface area contributed by atoms with Gasteiger partial charge in [-0.1, -0.05) is 28.1 Å². The standard InChI is InChI=1S/C18H20BrNO3/c1-4-23-17-11-14(7-10-16(17)22-3)18(21)20-12(2)13-5-8-15(19)9-6-13/h5-12H,4H2,1-3H3,(H,20,21). The molecule has 2 aromatic rings. The highest BCUT2D eigenvalue weighted by Crippen LogP contribution is 2.28. The molecule has 1 amide bonds. The van der Waals surface area contributed by atoms with Gasteiger partial charge in [-0.2, -0.15) is 0 Å². The van der Waals surface area contributed by atoms with Gasteiger partial charge in [-0.3, -0.25) is 4.79 Å². The molecule has 5 heteroatoms. The zero-order valence-electron chi connectivity index (χ0n) is 13.4. The fraction of sp³-hybridized carbons (Fsp3) is 0.278. The molecule has 0 aliphatic heterocycles. The molecule has 23 heavy (non-hydrogen) atoms. The lowest BCUT2D eigenvalue weighted by molar-refractivity contribution is 0.0939. The van der Waals surface area contributed by atoms with Gasteiger partial charge >= 0.3 is 0 Å². The van der Waals surface area contributed by atoms with Crippen LogP contribution in [0, 0.1) is 0 Å². The van der Waals surface area contributed by atoms with Gasteiger partial charge in [-0.15, -0.1) is 0 Å². The molecular formula is C18H20BrNO3. The highest BCUT2D eigenvalue weighted by atomic mass is 79.9. The number of carbonyl (C=O) groups excluding carboxylic acids is 1. The fourth-order valence-electron chi connectivity index (χ4n) is 2.20. The maximum absolute atomic E-state index is 12.4. The highest BCUT2D eigenvalue weighted by Gasteiger charge is 2.14. The number of ether oxygens (including phenoxy) is 2. The molecule has 0 radical (unpaired) electrons. The first-order chi connectivity index (χ1) is 11.0. The number of nitrogens with one attached hydrogen (secondary N) is 1. The minimum Gasteiger partial charge on any atom is -0.493 e. The quantitative estimate of drug-likeness (QED) is 0.813. The van der Waals surface area contributed by atoms with Crippen molar-refractivity contribution in [1.82, 2.24) is 5.32 Å². The number of hydrogen-bond donors (Lipinski definition) is 1. The Kier molecular flexibility index (Phi) is 6.04. The fourth-order valence-corrected chi connectivity index (χ4v) is 2.47. The Bertz CT molecular complexity index is 670. The first kappa shape index (κ1) is 17.3. The van der Waals surface area contributed by atoms with Crippen molar-refractivity contribution >= 4 is 21.8 Å². The number of halogens is 1. The van der Waals surface area contributed by atoms with Gasteiger partial charge in [-0.25, -0.2) is 0 Å². The Hall–Kier alpha value is -2.01. The Morgan fingerprint density at radius 3 is 2.48 bits per heavy atom. The monoisotopic (exact) mass is 377 g/mol. The lowest BCUT2D eigenvalue weighted by Crippen LogP contribution is -2.26. The average Bonchev–Trinajstić information content (AvgIpc) is 2.55. The van der Waals surface area contributed by atoms with E-state index in [-0.39, 0.29) is 11.9 Å². The smallest absolute Gasteiger partial charge is 0.251 e. The van der Waals surface area contributed by atoms with Crippen molar-refractivity contribution < 1.29 is 14.3 Å². The summed E-state index contributed by atoms with van der Waals surface area (Å²) in [6, 6.07) is 13.0. The van der Waals surface area contributed by atoms with Gasteiger partial charge in [0.05, 0.1) is 19.8 Å². The van der Waals surface area contributed by atoms with Gasteiger partial charge in [0.2, 0.25) is 0 Å². The zero-order chi connectivity index (χ0) is 16.8. The van der Waals surface area contributed by atoms with Gasteiger partial charge < -0.3 is 14.8 Å². The van der Waals surface area contributed by atoms with Crippen LogP contribution in [0.2, 0.25) is 0 Å². The highest BCUT2D eigenvalue weighted by molar-refractivity contribution is 9.10. The van der Waals surface area contributed by atoms with E-state index in [1.54, 1.807) is 25.3 Å². The lowest BCUT2D eigenvalue weighted by atomic mass is 10.1. The molecule has 1 unspecified atom stereocenters. The first-order valence-corrected chi connectivity index (χ1v) is 8.21. The molecular weight excluding hydrogens is 358 g/mol. The maximum Gasteiger partial charge on any atom is 0.251 e. The van der Waals surface area contributed by atoms with Crippen LogP contribution in [0.15, 0.2) is 46.9 Å². The molecule has 0 aromatic heterocycles. The second kappa shape index (κ2) is 8.02. The molecule has 1 N–H and O–H groups in total. The average molecular weight is 378 g/mol. The molecule has 0 heterocycles. The summed E-state index contributed by atoms with van der Waals surface area (Å²) < 4.78 is 11.8. The van der Waals surface area contributed by atoms with Crippen LogP contribution in [-0.2, 0) is 0 Å². The molecule has 122 valence electrons. The summed E-state index contributed by atoms with van der Waals surface area (Å²) in [6.07, 6.45) is 0. The minimum absolute atomic E-state index is 0.0896. The van der Waals surface area contributed by atoms with Gasteiger partial charge in [0.1, 0.15) is 0 Å². The summed E-state index contributed by atoms with van der Waals surface area (Å²) in [5, 5.41) is 2.99. The van der Waals surface area contributed by atoms with E-state index in [9.17, 15) is 4.79 Å². The minimum atomic E-state index is -0.149. The Labute approximate surface area is 144 Å². The molecule has 2 aromatic carbocycles. The van der Waals surface area contributed by atoms with Gasteiger partial charge in [-0.05, 0) is 49.7 Å². The number of rotatable bonds is 6. The predicted molar refractivity (Wildman–Crippen MR) is 94.2 cm³/mol. The molecule has 0 fully saturated rings. The van der Waals surface area contributed by atoms with E-state index in [0.717, 1.165) is 10.0 Å². The molecule has 0 bridgehead atoms. The number of hydrogen-bond acceptors (Lipinski definition) is 3. The third-order valence-corrected chi connectivity index (χ3v) is 3.97. The molecule has 1 atom stereocenters. The van der Waals surface area contributed by atoms with Crippen molar-refractivity contribution in [3.63, 3.8) is 0 Å². The van der Waals surface area contributed by atoms with E-state index >= 15 is 0 Å². The SMILES string of the molecule is CCOc1cc(C(=O)NC(C)c2ccc(Br)cc2)ccc1OC. The normalized spacial score (nSPS) is 11.7. The maximum atomic E-state index is 12.4. The van der Waals surface area contributed by atoms with Crippen LogP contribution in [0.5, 0.6) is 11.5 Å². The van der Waals surface area contributed by atoms with E-state index in [1.165, 1.54) is 0 Å². The van der Waals surface area contributed by atoms with Crippen molar-refractivity contribution in [3.05, 3.63) is 58.1 Å². The Balaban J connectivity index is 2.13. The summed E-state index contributed by atoms with van der Waals surface area (Å²) in [7, 11) is 1.58. The molecule has 0 aliphatic carbocycles. The van der Waals surface area contributed by atoms with Crippen LogP contribution in [0.3, 0.4) is 0 Å². The van der Waals surface area contributed by atoms with Crippen LogP contribution in [0.1, 0.15) is 35.8 Å². The number of amides is 1. The molecule has 0 saturated carbocycles. The second-order valence-corrected chi connectivity index (χ2v) is 5.96. The van der Waals surface area contributed by atoms with Gasteiger partial charge in [0.15, 0.2) is 11.5 Å². The first-order valence-electron chi connectivity index (χ1n) is 7.42. The topological polar surface area (TPSA) is 47.6 Å². The molecule has 0 aliphatic rings. The van der Waals surface area contributed by atoms with Crippen LogP contribution in [-0.4, -0.2) is 19.6 Å². The molecule has 0 saturated heterocycles. The second-order valence-electron chi connectivity index (χ2n) is 5.05. The van der Waals surface area contributed by atoms with Crippen LogP contribution in [0.4, 0.5) is 0 Å².